The molecule has 2 aromatic carbocycles. The van der Waals surface area contributed by atoms with Crippen molar-refractivity contribution >= 4 is 38.2 Å². The van der Waals surface area contributed by atoms with E-state index in [1.165, 1.54) is 6.07 Å². The van der Waals surface area contributed by atoms with Gasteiger partial charge in [-0.25, -0.2) is 8.42 Å². The monoisotopic (exact) mass is 417 g/mol. The van der Waals surface area contributed by atoms with Crippen molar-refractivity contribution in [1.29, 1.82) is 5.26 Å². The number of benzene rings is 2. The van der Waals surface area contributed by atoms with Crippen LogP contribution in [0.15, 0.2) is 48.7 Å². The number of nitriles is 1. The lowest BCUT2D eigenvalue weighted by Gasteiger charge is -2.34. The second-order valence-electron chi connectivity index (χ2n) is 6.68. The molecule has 1 atom stereocenters. The van der Waals surface area contributed by atoms with Gasteiger partial charge in [-0.15, -0.1) is 0 Å². The van der Waals surface area contributed by atoms with Gasteiger partial charge in [0.15, 0.2) is 0 Å². The van der Waals surface area contributed by atoms with Gasteiger partial charge in [-0.1, -0.05) is 30.7 Å². The third-order valence-electron chi connectivity index (χ3n) is 4.92. The Morgan fingerprint density at radius 2 is 1.93 bits per heavy atom. The van der Waals surface area contributed by atoms with Crippen molar-refractivity contribution < 1.29 is 13.5 Å². The average molecular weight is 418 g/mol. The van der Waals surface area contributed by atoms with Crippen LogP contribution in [-0.4, -0.2) is 31.0 Å². The predicted molar refractivity (Wildman–Crippen MR) is 111 cm³/mol. The van der Waals surface area contributed by atoms with E-state index in [1.807, 2.05) is 23.6 Å². The highest BCUT2D eigenvalue weighted by molar-refractivity contribution is 7.92. The van der Waals surface area contributed by atoms with Crippen LogP contribution in [0.4, 0.5) is 5.69 Å². The first-order chi connectivity index (χ1) is 13.2. The zero-order valence-electron chi connectivity index (χ0n) is 15.5. The Bertz CT molecular complexity index is 1160. The zero-order chi connectivity index (χ0) is 20.5. The number of hydrogen-bond acceptors (Lipinski definition) is 4. The summed E-state index contributed by atoms with van der Waals surface area (Å²) in [6.45, 7) is 1.78. The van der Waals surface area contributed by atoms with Crippen LogP contribution in [0.5, 0.6) is 0 Å². The molecule has 0 saturated heterocycles. The molecule has 6 nitrogen and oxygen atoms in total. The number of rotatable bonds is 6. The van der Waals surface area contributed by atoms with Gasteiger partial charge >= 0.3 is 0 Å². The van der Waals surface area contributed by atoms with Crippen LogP contribution in [0.25, 0.3) is 10.9 Å². The van der Waals surface area contributed by atoms with Crippen molar-refractivity contribution in [2.45, 2.75) is 18.9 Å². The summed E-state index contributed by atoms with van der Waals surface area (Å²) in [5.74, 6) is 0. The number of aliphatic hydroxyl groups excluding tert-OH is 1. The standard InChI is InChI=1S/C20H20ClN3O3S/c1-3-20(13-25,15-4-6-16(21)7-5-15)24-9-8-17-18(23-28(2,26)27)10-14(12-22)11-19(17)24/h4-11,23,25H,3,13H2,1-2H3. The van der Waals surface area contributed by atoms with Crippen molar-refractivity contribution in [1.82, 2.24) is 4.57 Å². The van der Waals surface area contributed by atoms with E-state index in [0.29, 0.717) is 33.6 Å². The van der Waals surface area contributed by atoms with Crippen molar-refractivity contribution in [3.63, 3.8) is 0 Å². The maximum Gasteiger partial charge on any atom is 0.229 e. The molecule has 1 aromatic heterocycles. The largest absolute Gasteiger partial charge is 0.394 e. The summed E-state index contributed by atoms with van der Waals surface area (Å²) < 4.78 is 27.9. The Kier molecular flexibility index (Phi) is 5.39. The number of nitrogens with one attached hydrogen (secondary N) is 1. The van der Waals surface area contributed by atoms with E-state index in [2.05, 4.69) is 10.8 Å². The molecular formula is C20H20ClN3O3S. The summed E-state index contributed by atoms with van der Waals surface area (Å²) in [5, 5.41) is 21.0. The van der Waals surface area contributed by atoms with Crippen molar-refractivity contribution in [2.24, 2.45) is 0 Å². The molecule has 3 rings (SSSR count). The lowest BCUT2D eigenvalue weighted by atomic mass is 9.87. The minimum atomic E-state index is -3.52. The minimum Gasteiger partial charge on any atom is -0.394 e. The minimum absolute atomic E-state index is 0.180. The van der Waals surface area contributed by atoms with Crippen LogP contribution in [-0.2, 0) is 15.6 Å². The fraction of sp³-hybridized carbons (Fsp3) is 0.250. The Morgan fingerprint density at radius 3 is 2.46 bits per heavy atom. The van der Waals surface area contributed by atoms with Gasteiger partial charge in [-0.2, -0.15) is 5.26 Å². The number of halogens is 1. The molecule has 1 unspecified atom stereocenters. The highest BCUT2D eigenvalue weighted by Gasteiger charge is 2.33. The summed E-state index contributed by atoms with van der Waals surface area (Å²) in [4.78, 5) is 0. The molecule has 0 saturated carbocycles. The SMILES string of the molecule is CCC(CO)(c1ccc(Cl)cc1)n1ccc2c(NS(C)(=O)=O)cc(C#N)cc21. The van der Waals surface area contributed by atoms with Crippen LogP contribution < -0.4 is 4.72 Å². The number of sulfonamides is 1. The second kappa shape index (κ2) is 7.47. The number of anilines is 1. The van der Waals surface area contributed by atoms with E-state index >= 15 is 0 Å². The summed E-state index contributed by atoms with van der Waals surface area (Å²) in [5.41, 5.74) is 1.37. The quantitative estimate of drug-likeness (QED) is 0.639. The van der Waals surface area contributed by atoms with E-state index in [4.69, 9.17) is 11.6 Å². The third kappa shape index (κ3) is 3.59. The molecular weight excluding hydrogens is 398 g/mol. The van der Waals surface area contributed by atoms with E-state index in [0.717, 1.165) is 11.8 Å². The number of hydrogen-bond donors (Lipinski definition) is 2. The molecule has 0 aliphatic rings. The molecule has 8 heteroatoms. The van der Waals surface area contributed by atoms with Crippen molar-refractivity contribution in [2.75, 3.05) is 17.6 Å². The van der Waals surface area contributed by atoms with Gasteiger partial charge in [-0.05, 0) is 42.3 Å². The van der Waals surface area contributed by atoms with Crippen LogP contribution in [0.2, 0.25) is 5.02 Å². The molecule has 0 radical (unpaired) electrons. The molecule has 0 amide bonds. The fourth-order valence-corrected chi connectivity index (χ4v) is 4.21. The Morgan fingerprint density at radius 1 is 1.25 bits per heavy atom. The van der Waals surface area contributed by atoms with Gasteiger partial charge in [0, 0.05) is 16.6 Å². The van der Waals surface area contributed by atoms with Gasteiger partial charge in [-0.3, -0.25) is 4.72 Å². The summed E-state index contributed by atoms with van der Waals surface area (Å²) in [7, 11) is -3.52. The second-order valence-corrected chi connectivity index (χ2v) is 8.86. The van der Waals surface area contributed by atoms with Crippen LogP contribution >= 0.6 is 11.6 Å². The zero-order valence-corrected chi connectivity index (χ0v) is 17.0. The molecule has 0 aliphatic carbocycles. The molecule has 2 N–H and O–H groups in total. The third-order valence-corrected chi connectivity index (χ3v) is 5.76. The molecule has 0 aliphatic heterocycles. The predicted octanol–water partition coefficient (Wildman–Crippen LogP) is 3.68. The summed E-state index contributed by atoms with van der Waals surface area (Å²) in [6.07, 6.45) is 3.43. The molecule has 3 aromatic rings. The smallest absolute Gasteiger partial charge is 0.229 e. The van der Waals surface area contributed by atoms with Crippen LogP contribution in [0, 0.1) is 11.3 Å². The lowest BCUT2D eigenvalue weighted by molar-refractivity contribution is 0.165. The molecule has 1 heterocycles. The maximum atomic E-state index is 11.8. The molecule has 0 fully saturated rings. The highest BCUT2D eigenvalue weighted by Crippen LogP contribution is 2.37. The topological polar surface area (TPSA) is 95.1 Å². The van der Waals surface area contributed by atoms with Gasteiger partial charge in [0.1, 0.15) is 0 Å². The van der Waals surface area contributed by atoms with Gasteiger partial charge in [0.05, 0.1) is 41.2 Å². The molecule has 0 bridgehead atoms. The first-order valence-corrected chi connectivity index (χ1v) is 10.9. The summed E-state index contributed by atoms with van der Waals surface area (Å²) >= 11 is 6.02. The molecule has 28 heavy (non-hydrogen) atoms. The maximum absolute atomic E-state index is 11.8. The van der Waals surface area contributed by atoms with E-state index in [9.17, 15) is 18.8 Å². The normalized spacial score (nSPS) is 13.8. The van der Waals surface area contributed by atoms with Crippen molar-refractivity contribution in [3.05, 3.63) is 64.8 Å². The van der Waals surface area contributed by atoms with Gasteiger partial charge in [0.25, 0.3) is 0 Å². The fourth-order valence-electron chi connectivity index (χ4n) is 3.52. The highest BCUT2D eigenvalue weighted by atomic mass is 35.5. The van der Waals surface area contributed by atoms with E-state index in [-0.39, 0.29) is 6.61 Å². The van der Waals surface area contributed by atoms with Crippen LogP contribution in [0.3, 0.4) is 0 Å². The Hall–Kier alpha value is -2.53. The number of nitrogens with zero attached hydrogens (tertiary/aromatic N) is 2. The number of fused-ring (bicyclic) bond motifs is 1. The number of aromatic nitrogens is 1. The number of aliphatic hydroxyl groups is 1. The van der Waals surface area contributed by atoms with Gasteiger partial charge in [0.2, 0.25) is 10.0 Å². The Labute approximate surface area is 169 Å². The lowest BCUT2D eigenvalue weighted by Crippen LogP contribution is -2.37. The van der Waals surface area contributed by atoms with E-state index < -0.39 is 15.6 Å². The van der Waals surface area contributed by atoms with Gasteiger partial charge < -0.3 is 9.67 Å². The molecule has 146 valence electrons. The van der Waals surface area contributed by atoms with Crippen molar-refractivity contribution in [3.8, 4) is 6.07 Å². The average Bonchev–Trinajstić information content (AvgIpc) is 3.08. The van der Waals surface area contributed by atoms with E-state index in [1.54, 1.807) is 30.5 Å². The first-order valence-electron chi connectivity index (χ1n) is 8.64. The first kappa shape index (κ1) is 20.2. The Balaban J connectivity index is 2.31. The molecule has 0 spiro atoms. The van der Waals surface area contributed by atoms with Crippen LogP contribution in [0.1, 0.15) is 24.5 Å². The summed E-state index contributed by atoms with van der Waals surface area (Å²) in [6, 6.07) is 14.3.